The summed E-state index contributed by atoms with van der Waals surface area (Å²) in [6, 6.07) is 8.78. The van der Waals surface area contributed by atoms with Gasteiger partial charge >= 0.3 is 0 Å². The van der Waals surface area contributed by atoms with E-state index in [2.05, 4.69) is 45.0 Å². The maximum atomic E-state index is 5.92. The summed E-state index contributed by atoms with van der Waals surface area (Å²) >= 11 is 1.81. The number of fused-ring (bicyclic) bond motifs is 1. The van der Waals surface area contributed by atoms with Gasteiger partial charge in [0.1, 0.15) is 5.01 Å². The molecule has 0 bridgehead atoms. The molecule has 0 saturated carbocycles. The van der Waals surface area contributed by atoms with Crippen LogP contribution in [0.4, 0.5) is 0 Å². The number of nitrogens with zero attached hydrogens (tertiary/aromatic N) is 1. The van der Waals surface area contributed by atoms with Crippen LogP contribution in [0.2, 0.25) is 0 Å². The Morgan fingerprint density at radius 3 is 2.70 bits per heavy atom. The third-order valence-corrected chi connectivity index (χ3v) is 5.23. The molecule has 0 aliphatic heterocycles. The Kier molecular flexibility index (Phi) is 3.43. The number of hydrogen-bond acceptors (Lipinski definition) is 3. The molecule has 106 valence electrons. The smallest absolute Gasteiger partial charge is 0.101 e. The van der Waals surface area contributed by atoms with E-state index in [9.17, 15) is 0 Å². The zero-order valence-corrected chi connectivity index (χ0v) is 13.3. The molecule has 0 fully saturated rings. The van der Waals surface area contributed by atoms with Crippen LogP contribution in [0, 0.1) is 0 Å². The molecule has 1 heterocycles. The van der Waals surface area contributed by atoms with E-state index in [1.165, 1.54) is 39.5 Å². The van der Waals surface area contributed by atoms with Crippen molar-refractivity contribution < 1.29 is 0 Å². The average molecular weight is 286 g/mol. The molecular formula is C17H22N2S. The van der Waals surface area contributed by atoms with E-state index in [1.54, 1.807) is 0 Å². The number of aromatic nitrogens is 1. The van der Waals surface area contributed by atoms with Crippen molar-refractivity contribution in [1.82, 2.24) is 4.98 Å². The fourth-order valence-corrected chi connectivity index (χ4v) is 4.37. The van der Waals surface area contributed by atoms with Gasteiger partial charge in [-0.25, -0.2) is 4.98 Å². The number of rotatable bonds is 2. The largest absolute Gasteiger partial charge is 0.326 e. The quantitative estimate of drug-likeness (QED) is 0.907. The topological polar surface area (TPSA) is 38.9 Å². The van der Waals surface area contributed by atoms with Gasteiger partial charge in [0.15, 0.2) is 0 Å². The molecule has 20 heavy (non-hydrogen) atoms. The number of aryl methyl sites for hydroxylation is 1. The third-order valence-electron chi connectivity index (χ3n) is 4.04. The maximum absolute atomic E-state index is 5.92. The summed E-state index contributed by atoms with van der Waals surface area (Å²) in [5.41, 5.74) is 10.1. The lowest BCUT2D eigenvalue weighted by Crippen LogP contribution is -2.15. The Labute approximate surface area is 125 Å². The van der Waals surface area contributed by atoms with Gasteiger partial charge in [0.2, 0.25) is 0 Å². The van der Waals surface area contributed by atoms with Crippen LogP contribution in [0.1, 0.15) is 59.8 Å². The molecule has 0 amide bonds. The van der Waals surface area contributed by atoms with Gasteiger partial charge in [0.25, 0.3) is 0 Å². The van der Waals surface area contributed by atoms with E-state index >= 15 is 0 Å². The van der Waals surface area contributed by atoms with E-state index < -0.39 is 0 Å². The first kappa shape index (κ1) is 13.8. The van der Waals surface area contributed by atoms with Crippen molar-refractivity contribution in [2.45, 2.75) is 51.5 Å². The second-order valence-electron chi connectivity index (χ2n) is 6.57. The summed E-state index contributed by atoms with van der Waals surface area (Å²) in [7, 11) is 0. The van der Waals surface area contributed by atoms with Gasteiger partial charge in [0.05, 0.1) is 5.69 Å². The second-order valence-corrected chi connectivity index (χ2v) is 7.68. The standard InChI is InChI=1S/C17H22N2S/c1-17(2,3)15-14(10-18)20-16(19-15)13-9-8-11-6-4-5-7-12(11)13/h4-7,13H,8-10,18H2,1-3H3. The highest BCUT2D eigenvalue weighted by Gasteiger charge is 2.29. The monoisotopic (exact) mass is 286 g/mol. The van der Waals surface area contributed by atoms with Crippen molar-refractivity contribution in [3.63, 3.8) is 0 Å². The number of thiazole rings is 1. The molecule has 1 aliphatic carbocycles. The maximum Gasteiger partial charge on any atom is 0.101 e. The van der Waals surface area contributed by atoms with Crippen LogP contribution >= 0.6 is 11.3 Å². The van der Waals surface area contributed by atoms with Crippen LogP contribution in [0.25, 0.3) is 0 Å². The van der Waals surface area contributed by atoms with Crippen molar-refractivity contribution in [2.75, 3.05) is 0 Å². The van der Waals surface area contributed by atoms with Crippen LogP contribution in [0.15, 0.2) is 24.3 Å². The second kappa shape index (κ2) is 4.97. The van der Waals surface area contributed by atoms with Crippen molar-refractivity contribution >= 4 is 11.3 Å². The van der Waals surface area contributed by atoms with E-state index in [1.807, 2.05) is 11.3 Å². The minimum Gasteiger partial charge on any atom is -0.326 e. The summed E-state index contributed by atoms with van der Waals surface area (Å²) in [6.45, 7) is 7.24. The molecule has 1 atom stereocenters. The average Bonchev–Trinajstić information content (AvgIpc) is 3.01. The van der Waals surface area contributed by atoms with Crippen LogP contribution in [0.3, 0.4) is 0 Å². The van der Waals surface area contributed by atoms with Gasteiger partial charge in [-0.1, -0.05) is 45.0 Å². The first-order valence-corrected chi connectivity index (χ1v) is 8.10. The third kappa shape index (κ3) is 2.29. The van der Waals surface area contributed by atoms with Gasteiger partial charge in [-0.15, -0.1) is 11.3 Å². The Hall–Kier alpha value is -1.19. The van der Waals surface area contributed by atoms with E-state index in [0.29, 0.717) is 12.5 Å². The zero-order chi connectivity index (χ0) is 14.3. The zero-order valence-electron chi connectivity index (χ0n) is 12.4. The molecule has 3 heteroatoms. The molecule has 1 aromatic carbocycles. The van der Waals surface area contributed by atoms with Crippen molar-refractivity contribution in [3.8, 4) is 0 Å². The summed E-state index contributed by atoms with van der Waals surface area (Å²) in [5.74, 6) is 0.470. The highest BCUT2D eigenvalue weighted by atomic mass is 32.1. The summed E-state index contributed by atoms with van der Waals surface area (Å²) in [4.78, 5) is 6.22. The lowest BCUT2D eigenvalue weighted by Gasteiger charge is -2.17. The summed E-state index contributed by atoms with van der Waals surface area (Å²) in [5, 5.41) is 1.25. The van der Waals surface area contributed by atoms with Gasteiger partial charge < -0.3 is 5.73 Å². The van der Waals surface area contributed by atoms with Crippen molar-refractivity contribution in [1.29, 1.82) is 0 Å². The van der Waals surface area contributed by atoms with Crippen LogP contribution in [0.5, 0.6) is 0 Å². The van der Waals surface area contributed by atoms with E-state index in [0.717, 1.165) is 0 Å². The molecule has 1 unspecified atom stereocenters. The van der Waals surface area contributed by atoms with Crippen molar-refractivity contribution in [3.05, 3.63) is 51.0 Å². The number of hydrogen-bond donors (Lipinski definition) is 1. The van der Waals surface area contributed by atoms with Crippen LogP contribution in [-0.4, -0.2) is 4.98 Å². The Morgan fingerprint density at radius 2 is 2.05 bits per heavy atom. The normalized spacial score (nSPS) is 18.3. The minimum absolute atomic E-state index is 0.0710. The van der Waals surface area contributed by atoms with E-state index in [4.69, 9.17) is 10.7 Å². The van der Waals surface area contributed by atoms with Gasteiger partial charge in [0, 0.05) is 22.8 Å². The van der Waals surface area contributed by atoms with Gasteiger partial charge in [-0.2, -0.15) is 0 Å². The molecule has 1 aromatic heterocycles. The van der Waals surface area contributed by atoms with Gasteiger partial charge in [-0.3, -0.25) is 0 Å². The number of benzene rings is 1. The Bertz CT molecular complexity index is 622. The van der Waals surface area contributed by atoms with Crippen LogP contribution < -0.4 is 5.73 Å². The molecule has 2 nitrogen and oxygen atoms in total. The fourth-order valence-electron chi connectivity index (χ4n) is 3.06. The van der Waals surface area contributed by atoms with Gasteiger partial charge in [-0.05, 0) is 24.0 Å². The SMILES string of the molecule is CC(C)(C)c1nc(C2CCc3ccccc32)sc1CN. The lowest BCUT2D eigenvalue weighted by atomic mass is 9.91. The summed E-state index contributed by atoms with van der Waals surface area (Å²) < 4.78 is 0. The molecule has 0 saturated heterocycles. The molecule has 2 aromatic rings. The fraction of sp³-hybridized carbons (Fsp3) is 0.471. The first-order chi connectivity index (χ1) is 9.50. The predicted octanol–water partition coefficient (Wildman–Crippen LogP) is 3.98. The molecule has 3 rings (SSSR count). The molecule has 2 N–H and O–H groups in total. The molecule has 0 radical (unpaired) electrons. The first-order valence-electron chi connectivity index (χ1n) is 7.28. The Balaban J connectivity index is 2.03. The van der Waals surface area contributed by atoms with Crippen LogP contribution in [-0.2, 0) is 18.4 Å². The number of nitrogens with two attached hydrogens (primary N) is 1. The molecular weight excluding hydrogens is 264 g/mol. The molecule has 1 aliphatic rings. The van der Waals surface area contributed by atoms with E-state index in [-0.39, 0.29) is 5.41 Å². The highest BCUT2D eigenvalue weighted by molar-refractivity contribution is 7.11. The summed E-state index contributed by atoms with van der Waals surface area (Å²) in [6.07, 6.45) is 2.35. The minimum atomic E-state index is 0.0710. The Morgan fingerprint density at radius 1 is 1.30 bits per heavy atom. The highest BCUT2D eigenvalue weighted by Crippen LogP contribution is 2.41. The lowest BCUT2D eigenvalue weighted by molar-refractivity contribution is 0.562. The molecule has 0 spiro atoms. The predicted molar refractivity (Wildman–Crippen MR) is 85.3 cm³/mol. The van der Waals surface area contributed by atoms with Crippen molar-refractivity contribution in [2.24, 2.45) is 5.73 Å².